The number of carbonyl (C=O) groups is 3. The predicted octanol–water partition coefficient (Wildman–Crippen LogP) is 5.22. The molecule has 3 amide bonds. The molecule has 0 saturated carbocycles. The molecule has 1 N–H and O–H groups in total. The van der Waals surface area contributed by atoms with Gasteiger partial charge < -0.3 is 20.0 Å². The Hall–Kier alpha value is -2.61. The fourth-order valence-electron chi connectivity index (χ4n) is 6.11. The molecule has 2 aromatic carbocycles. The Balaban J connectivity index is 1.47. The summed E-state index contributed by atoms with van der Waals surface area (Å²) in [4.78, 5) is 45.3. The molecule has 1 atom stereocenters. The van der Waals surface area contributed by atoms with Gasteiger partial charge in [0, 0.05) is 57.7 Å². The lowest BCUT2D eigenvalue weighted by molar-refractivity contribution is -0.153. The zero-order valence-corrected chi connectivity index (χ0v) is 25.0. The van der Waals surface area contributed by atoms with E-state index in [9.17, 15) is 14.4 Å². The van der Waals surface area contributed by atoms with Gasteiger partial charge in [-0.2, -0.15) is 0 Å². The topological polar surface area (TPSA) is 73.0 Å². The number of piperidine rings is 2. The minimum absolute atomic E-state index is 0.00712. The minimum atomic E-state index is -0.771. The zero-order chi connectivity index (χ0) is 28.7. The molecule has 2 saturated heterocycles. The lowest BCUT2D eigenvalue weighted by atomic mass is 9.82. The van der Waals surface area contributed by atoms with Crippen LogP contribution in [0.25, 0.3) is 0 Å². The molecule has 2 aromatic rings. The fraction of sp³-hybridized carbons (Fsp3) is 0.516. The Kier molecular flexibility index (Phi) is 10.5. The van der Waals surface area contributed by atoms with E-state index >= 15 is 0 Å². The first-order valence-corrected chi connectivity index (χ1v) is 15.1. The Morgan fingerprint density at radius 1 is 1.02 bits per heavy atom. The summed E-state index contributed by atoms with van der Waals surface area (Å²) in [5.41, 5.74) is 0.947. The van der Waals surface area contributed by atoms with Gasteiger partial charge in [0.25, 0.3) is 5.91 Å². The summed E-state index contributed by atoms with van der Waals surface area (Å²) < 4.78 is 0. The Bertz CT molecular complexity index is 1180. The van der Waals surface area contributed by atoms with Crippen LogP contribution in [0.15, 0.2) is 48.5 Å². The van der Waals surface area contributed by atoms with Gasteiger partial charge in [0.15, 0.2) is 0 Å². The second kappa shape index (κ2) is 13.8. The monoisotopic (exact) mass is 586 g/mol. The van der Waals surface area contributed by atoms with E-state index < -0.39 is 5.54 Å². The molecule has 216 valence electrons. The molecule has 0 spiro atoms. The van der Waals surface area contributed by atoms with Crippen LogP contribution in [0, 0.1) is 0 Å². The summed E-state index contributed by atoms with van der Waals surface area (Å²) in [6, 6.07) is 15.1. The summed E-state index contributed by atoms with van der Waals surface area (Å²) in [6.45, 7) is 6.05. The van der Waals surface area contributed by atoms with Crippen LogP contribution in [0.4, 0.5) is 0 Å². The number of benzene rings is 2. The van der Waals surface area contributed by atoms with Crippen molar-refractivity contribution in [1.29, 1.82) is 0 Å². The van der Waals surface area contributed by atoms with Crippen LogP contribution in [0.1, 0.15) is 67.3 Å². The van der Waals surface area contributed by atoms with Crippen molar-refractivity contribution in [2.24, 2.45) is 0 Å². The van der Waals surface area contributed by atoms with E-state index in [1.165, 1.54) is 0 Å². The van der Waals surface area contributed by atoms with Gasteiger partial charge >= 0.3 is 0 Å². The molecular formula is C31H40Cl2N4O3. The maximum Gasteiger partial charge on any atom is 0.253 e. The third-order valence-electron chi connectivity index (χ3n) is 8.51. The average molecular weight is 588 g/mol. The van der Waals surface area contributed by atoms with Crippen molar-refractivity contribution in [2.75, 3.05) is 46.3 Å². The van der Waals surface area contributed by atoms with Crippen LogP contribution >= 0.6 is 23.2 Å². The Morgan fingerprint density at radius 2 is 1.75 bits per heavy atom. The maximum absolute atomic E-state index is 13.3. The van der Waals surface area contributed by atoms with E-state index in [1.807, 2.05) is 65.3 Å². The molecule has 4 rings (SSSR count). The largest absolute Gasteiger partial charge is 0.357 e. The molecule has 7 nitrogen and oxygen atoms in total. The van der Waals surface area contributed by atoms with Crippen LogP contribution in [0.3, 0.4) is 0 Å². The van der Waals surface area contributed by atoms with Crippen molar-refractivity contribution in [3.63, 3.8) is 0 Å². The van der Waals surface area contributed by atoms with E-state index in [1.54, 1.807) is 7.05 Å². The molecule has 0 unspecified atom stereocenters. The Morgan fingerprint density at radius 3 is 2.38 bits per heavy atom. The first kappa shape index (κ1) is 30.4. The van der Waals surface area contributed by atoms with E-state index in [0.29, 0.717) is 54.5 Å². The summed E-state index contributed by atoms with van der Waals surface area (Å²) in [7, 11) is 1.66. The van der Waals surface area contributed by atoms with Crippen molar-refractivity contribution >= 4 is 40.9 Å². The Labute approximate surface area is 247 Å². The molecule has 0 radical (unpaired) electrons. The average Bonchev–Trinajstić information content (AvgIpc) is 2.99. The SMILES string of the molecule is CCN(C[C@@H](CCN1CCC(C(=O)NC)(N2CCCCC2=O)CC1)c1ccc(Cl)c(Cl)c1)C(=O)c1ccccc1. The summed E-state index contributed by atoms with van der Waals surface area (Å²) in [6.07, 6.45) is 4.39. The van der Waals surface area contributed by atoms with Crippen molar-refractivity contribution in [2.45, 2.75) is 56.9 Å². The number of rotatable bonds is 10. The van der Waals surface area contributed by atoms with Gasteiger partial charge in [-0.25, -0.2) is 0 Å². The van der Waals surface area contributed by atoms with E-state index in [4.69, 9.17) is 23.2 Å². The highest BCUT2D eigenvalue weighted by molar-refractivity contribution is 6.42. The van der Waals surface area contributed by atoms with Crippen molar-refractivity contribution in [1.82, 2.24) is 20.0 Å². The van der Waals surface area contributed by atoms with Gasteiger partial charge in [0.1, 0.15) is 5.54 Å². The van der Waals surface area contributed by atoms with E-state index in [2.05, 4.69) is 10.2 Å². The quantitative estimate of drug-likeness (QED) is 0.414. The lowest BCUT2D eigenvalue weighted by Crippen LogP contribution is -2.65. The molecule has 2 fully saturated rings. The van der Waals surface area contributed by atoms with Gasteiger partial charge in [-0.05, 0) is 75.4 Å². The highest BCUT2D eigenvalue weighted by atomic mass is 35.5. The summed E-state index contributed by atoms with van der Waals surface area (Å²) in [5.74, 6) is 0.0872. The summed E-state index contributed by atoms with van der Waals surface area (Å²) in [5, 5.41) is 3.84. The molecule has 2 aliphatic heterocycles. The van der Waals surface area contributed by atoms with Crippen LogP contribution in [0.5, 0.6) is 0 Å². The van der Waals surface area contributed by atoms with Crippen LogP contribution < -0.4 is 5.32 Å². The van der Waals surface area contributed by atoms with Crippen molar-refractivity contribution in [3.8, 4) is 0 Å². The van der Waals surface area contributed by atoms with Crippen molar-refractivity contribution in [3.05, 3.63) is 69.7 Å². The molecule has 2 heterocycles. The van der Waals surface area contributed by atoms with Gasteiger partial charge in [-0.15, -0.1) is 0 Å². The number of hydrogen-bond acceptors (Lipinski definition) is 4. The van der Waals surface area contributed by atoms with E-state index in [0.717, 1.165) is 44.5 Å². The fourth-order valence-corrected chi connectivity index (χ4v) is 6.42. The molecule has 0 bridgehead atoms. The molecule has 2 aliphatic rings. The minimum Gasteiger partial charge on any atom is -0.357 e. The van der Waals surface area contributed by atoms with Gasteiger partial charge in [0.2, 0.25) is 11.8 Å². The van der Waals surface area contributed by atoms with E-state index in [-0.39, 0.29) is 23.6 Å². The molecule has 0 aromatic heterocycles. The number of halogens is 2. The van der Waals surface area contributed by atoms with Gasteiger partial charge in [-0.1, -0.05) is 47.5 Å². The number of carbonyl (C=O) groups excluding carboxylic acids is 3. The number of likely N-dealkylation sites (tertiary alicyclic amines) is 2. The van der Waals surface area contributed by atoms with Gasteiger partial charge in [0.05, 0.1) is 10.0 Å². The normalized spacial score (nSPS) is 18.3. The van der Waals surface area contributed by atoms with Crippen LogP contribution in [-0.2, 0) is 9.59 Å². The third kappa shape index (κ3) is 6.81. The van der Waals surface area contributed by atoms with Crippen LogP contribution in [0.2, 0.25) is 10.0 Å². The first-order chi connectivity index (χ1) is 19.3. The highest BCUT2D eigenvalue weighted by Gasteiger charge is 2.48. The second-order valence-corrected chi connectivity index (χ2v) is 11.6. The maximum atomic E-state index is 13.3. The first-order valence-electron chi connectivity index (χ1n) is 14.3. The van der Waals surface area contributed by atoms with Crippen molar-refractivity contribution < 1.29 is 14.4 Å². The van der Waals surface area contributed by atoms with Crippen LogP contribution in [-0.4, -0.2) is 84.3 Å². The standard InChI is InChI=1S/C31H40Cl2N4O3/c1-3-36(29(39)23-9-5-4-6-10-23)22-25(24-12-13-26(32)27(33)21-24)14-18-35-19-15-31(16-20-35,30(40)34-2)37-17-8-7-11-28(37)38/h4-6,9-10,12-13,21,25H,3,7-8,11,14-20,22H2,1-2H3,(H,34,40)/t25-/m1/s1. The third-order valence-corrected chi connectivity index (χ3v) is 9.25. The predicted molar refractivity (Wildman–Crippen MR) is 160 cm³/mol. The summed E-state index contributed by atoms with van der Waals surface area (Å²) >= 11 is 12.6. The number of amides is 3. The number of likely N-dealkylation sites (N-methyl/N-ethyl adjacent to an activating group) is 2. The number of nitrogens with one attached hydrogen (secondary N) is 1. The highest BCUT2D eigenvalue weighted by Crippen LogP contribution is 2.34. The number of hydrogen-bond donors (Lipinski definition) is 1. The molecule has 9 heteroatoms. The molecule has 0 aliphatic carbocycles. The second-order valence-electron chi connectivity index (χ2n) is 10.8. The number of nitrogens with zero attached hydrogens (tertiary/aromatic N) is 3. The molecule has 40 heavy (non-hydrogen) atoms. The zero-order valence-electron chi connectivity index (χ0n) is 23.5. The smallest absolute Gasteiger partial charge is 0.253 e. The molecular weight excluding hydrogens is 547 g/mol. The van der Waals surface area contributed by atoms with Gasteiger partial charge in [-0.3, -0.25) is 14.4 Å². The lowest BCUT2D eigenvalue weighted by Gasteiger charge is -2.48.